The molecule has 0 aliphatic rings. The Kier molecular flexibility index (Phi) is 4.21. The molecular formula is C13H8BrF2NOS. The molecule has 0 aromatic heterocycles. The van der Waals surface area contributed by atoms with Crippen LogP contribution in [-0.4, -0.2) is 5.91 Å². The number of hydrogen-bond acceptors (Lipinski definition) is 2. The largest absolute Gasteiger partial charge is 0.319 e. The number of hydrogen-bond donors (Lipinski definition) is 2. The fourth-order valence-corrected chi connectivity index (χ4v) is 2.10. The third kappa shape index (κ3) is 3.33. The summed E-state index contributed by atoms with van der Waals surface area (Å²) in [5.41, 5.74) is 0.235. The number of nitrogens with one attached hydrogen (secondary N) is 1. The van der Waals surface area contributed by atoms with E-state index in [2.05, 4.69) is 33.9 Å². The Hall–Kier alpha value is -1.40. The molecule has 0 aliphatic carbocycles. The Bertz CT molecular complexity index is 649. The van der Waals surface area contributed by atoms with Crippen LogP contribution in [-0.2, 0) is 0 Å². The summed E-state index contributed by atoms with van der Waals surface area (Å²) in [6.07, 6.45) is 0. The Labute approximate surface area is 122 Å². The van der Waals surface area contributed by atoms with Crippen LogP contribution < -0.4 is 5.32 Å². The van der Waals surface area contributed by atoms with Crippen LogP contribution in [0.4, 0.5) is 14.5 Å². The van der Waals surface area contributed by atoms with Crippen LogP contribution in [0.2, 0.25) is 0 Å². The molecule has 0 radical (unpaired) electrons. The number of anilines is 1. The van der Waals surface area contributed by atoms with E-state index >= 15 is 0 Å². The van der Waals surface area contributed by atoms with Crippen molar-refractivity contribution in [3.05, 3.63) is 58.1 Å². The molecule has 2 rings (SSSR count). The van der Waals surface area contributed by atoms with Gasteiger partial charge in [0.15, 0.2) is 0 Å². The molecule has 0 fully saturated rings. The number of rotatable bonds is 2. The van der Waals surface area contributed by atoms with Crippen LogP contribution in [0.3, 0.4) is 0 Å². The van der Waals surface area contributed by atoms with Gasteiger partial charge in [-0.05, 0) is 46.3 Å². The Balaban J connectivity index is 2.28. The minimum Gasteiger partial charge on any atom is -0.319 e. The Morgan fingerprint density at radius 2 is 1.89 bits per heavy atom. The lowest BCUT2D eigenvalue weighted by atomic mass is 10.2. The van der Waals surface area contributed by atoms with E-state index in [1.807, 2.05) is 0 Å². The summed E-state index contributed by atoms with van der Waals surface area (Å²) in [4.78, 5) is 12.6. The lowest BCUT2D eigenvalue weighted by Gasteiger charge is -2.08. The highest BCUT2D eigenvalue weighted by molar-refractivity contribution is 9.10. The van der Waals surface area contributed by atoms with Gasteiger partial charge in [0.2, 0.25) is 0 Å². The van der Waals surface area contributed by atoms with Crippen molar-refractivity contribution in [2.75, 3.05) is 5.32 Å². The summed E-state index contributed by atoms with van der Waals surface area (Å²) in [5, 5.41) is 2.38. The summed E-state index contributed by atoms with van der Waals surface area (Å²) < 4.78 is 26.7. The van der Waals surface area contributed by atoms with E-state index in [4.69, 9.17) is 0 Å². The lowest BCUT2D eigenvalue weighted by molar-refractivity contribution is 0.102. The quantitative estimate of drug-likeness (QED) is 0.783. The summed E-state index contributed by atoms with van der Waals surface area (Å²) in [5.74, 6) is -2.03. The maximum atomic E-state index is 13.4. The molecule has 0 saturated carbocycles. The molecule has 0 aliphatic heterocycles. The predicted molar refractivity (Wildman–Crippen MR) is 75.7 cm³/mol. The van der Waals surface area contributed by atoms with Crippen molar-refractivity contribution in [1.82, 2.24) is 0 Å². The molecule has 2 aromatic rings. The first-order valence-electron chi connectivity index (χ1n) is 5.22. The van der Waals surface area contributed by atoms with Gasteiger partial charge in [-0.2, -0.15) is 0 Å². The molecule has 1 N–H and O–H groups in total. The average molecular weight is 344 g/mol. The lowest BCUT2D eigenvalue weighted by Crippen LogP contribution is -2.13. The zero-order valence-electron chi connectivity index (χ0n) is 9.45. The zero-order chi connectivity index (χ0) is 14.0. The number of halogens is 3. The van der Waals surface area contributed by atoms with Gasteiger partial charge in [0.05, 0.1) is 11.3 Å². The summed E-state index contributed by atoms with van der Waals surface area (Å²) in [6.45, 7) is 0. The van der Waals surface area contributed by atoms with E-state index in [1.54, 1.807) is 18.2 Å². The van der Waals surface area contributed by atoms with Crippen molar-refractivity contribution in [1.29, 1.82) is 0 Å². The van der Waals surface area contributed by atoms with Crippen molar-refractivity contribution in [3.8, 4) is 0 Å². The van der Waals surface area contributed by atoms with Gasteiger partial charge in [-0.3, -0.25) is 4.79 Å². The number of benzene rings is 2. The van der Waals surface area contributed by atoms with E-state index in [0.29, 0.717) is 21.0 Å². The number of amides is 1. The molecule has 19 heavy (non-hydrogen) atoms. The van der Waals surface area contributed by atoms with Crippen LogP contribution in [0, 0.1) is 11.6 Å². The van der Waals surface area contributed by atoms with E-state index in [0.717, 1.165) is 6.07 Å². The molecule has 0 heterocycles. The molecule has 1 amide bonds. The molecule has 98 valence electrons. The monoisotopic (exact) mass is 343 g/mol. The van der Waals surface area contributed by atoms with Gasteiger partial charge < -0.3 is 5.32 Å². The smallest absolute Gasteiger partial charge is 0.256 e. The van der Waals surface area contributed by atoms with Crippen molar-refractivity contribution < 1.29 is 13.6 Å². The zero-order valence-corrected chi connectivity index (χ0v) is 11.9. The third-order valence-electron chi connectivity index (χ3n) is 2.37. The first-order valence-corrected chi connectivity index (χ1v) is 6.46. The molecule has 2 aromatic carbocycles. The maximum Gasteiger partial charge on any atom is 0.256 e. The van der Waals surface area contributed by atoms with Crippen molar-refractivity contribution in [2.45, 2.75) is 4.90 Å². The van der Waals surface area contributed by atoms with Gasteiger partial charge in [-0.1, -0.05) is 0 Å². The van der Waals surface area contributed by atoms with Gasteiger partial charge in [-0.25, -0.2) is 8.78 Å². The summed E-state index contributed by atoms with van der Waals surface area (Å²) >= 11 is 7.36. The summed E-state index contributed by atoms with van der Waals surface area (Å²) in [7, 11) is 0. The molecule has 0 unspecified atom stereocenters. The van der Waals surface area contributed by atoms with E-state index in [1.165, 1.54) is 6.07 Å². The van der Waals surface area contributed by atoms with Gasteiger partial charge in [0, 0.05) is 15.4 Å². The highest BCUT2D eigenvalue weighted by atomic mass is 79.9. The number of carbonyl (C=O) groups is 1. The molecule has 0 spiro atoms. The third-order valence-corrected chi connectivity index (χ3v) is 3.34. The minimum atomic E-state index is -0.827. The average Bonchev–Trinajstić information content (AvgIpc) is 2.35. The Morgan fingerprint density at radius 1 is 1.16 bits per heavy atom. The molecular weight excluding hydrogens is 336 g/mol. The number of carbonyl (C=O) groups excluding carboxylic acids is 1. The Morgan fingerprint density at radius 3 is 2.58 bits per heavy atom. The molecule has 0 bridgehead atoms. The standard InChI is InChI=1S/C13H8BrF2NOS/c14-10-3-2-8(19)6-9(10)13(18)17-12-4-1-7(15)5-11(12)16/h1-6,19H,(H,17,18). The number of thiol groups is 1. The highest BCUT2D eigenvalue weighted by Crippen LogP contribution is 2.22. The van der Waals surface area contributed by atoms with E-state index < -0.39 is 17.5 Å². The second-order valence-electron chi connectivity index (χ2n) is 3.74. The van der Waals surface area contributed by atoms with Crippen LogP contribution in [0.1, 0.15) is 10.4 Å². The molecule has 6 heteroatoms. The van der Waals surface area contributed by atoms with Crippen LogP contribution in [0.15, 0.2) is 45.8 Å². The van der Waals surface area contributed by atoms with Crippen molar-refractivity contribution in [3.63, 3.8) is 0 Å². The van der Waals surface area contributed by atoms with Crippen molar-refractivity contribution in [2.24, 2.45) is 0 Å². The van der Waals surface area contributed by atoms with E-state index in [-0.39, 0.29) is 5.69 Å². The first-order chi connectivity index (χ1) is 8.97. The van der Waals surface area contributed by atoms with Crippen molar-refractivity contribution >= 4 is 40.2 Å². The first kappa shape index (κ1) is 14.0. The van der Waals surface area contributed by atoms with Crippen LogP contribution in [0.5, 0.6) is 0 Å². The van der Waals surface area contributed by atoms with Gasteiger partial charge >= 0.3 is 0 Å². The maximum absolute atomic E-state index is 13.4. The van der Waals surface area contributed by atoms with Crippen LogP contribution in [0.25, 0.3) is 0 Å². The fraction of sp³-hybridized carbons (Fsp3) is 0. The SMILES string of the molecule is O=C(Nc1ccc(F)cc1F)c1cc(S)ccc1Br. The topological polar surface area (TPSA) is 29.1 Å². The summed E-state index contributed by atoms with van der Waals surface area (Å²) in [6, 6.07) is 7.87. The predicted octanol–water partition coefficient (Wildman–Crippen LogP) is 4.27. The fourth-order valence-electron chi connectivity index (χ4n) is 1.47. The minimum absolute atomic E-state index is 0.0807. The second kappa shape index (κ2) is 5.71. The second-order valence-corrected chi connectivity index (χ2v) is 5.11. The normalized spacial score (nSPS) is 10.3. The van der Waals surface area contributed by atoms with E-state index in [9.17, 15) is 13.6 Å². The highest BCUT2D eigenvalue weighted by Gasteiger charge is 2.13. The van der Waals surface area contributed by atoms with Gasteiger partial charge in [0.25, 0.3) is 5.91 Å². The van der Waals surface area contributed by atoms with Gasteiger partial charge in [0.1, 0.15) is 11.6 Å². The van der Waals surface area contributed by atoms with Gasteiger partial charge in [-0.15, -0.1) is 12.6 Å². The molecule has 2 nitrogen and oxygen atoms in total. The molecule has 0 saturated heterocycles. The molecule has 0 atom stereocenters. The van der Waals surface area contributed by atoms with Crippen LogP contribution >= 0.6 is 28.6 Å².